The summed E-state index contributed by atoms with van der Waals surface area (Å²) in [7, 11) is 0. The average molecular weight is 225 g/mol. The van der Waals surface area contributed by atoms with Crippen molar-refractivity contribution in [1.29, 1.82) is 0 Å². The van der Waals surface area contributed by atoms with Crippen LogP contribution in [0.15, 0.2) is 36.4 Å². The van der Waals surface area contributed by atoms with Gasteiger partial charge >= 0.3 is 0 Å². The lowest BCUT2D eigenvalue weighted by Crippen LogP contribution is -2.03. The lowest BCUT2D eigenvalue weighted by molar-refractivity contribution is 0.103. The van der Waals surface area contributed by atoms with Crippen molar-refractivity contribution in [1.82, 2.24) is 4.98 Å². The van der Waals surface area contributed by atoms with Crippen LogP contribution in [0.3, 0.4) is 0 Å². The summed E-state index contributed by atoms with van der Waals surface area (Å²) in [5.74, 6) is 0.0577. The molecule has 2 rings (SSSR count). The molecule has 2 heteroatoms. The average Bonchev–Trinajstić information content (AvgIpc) is 2.26. The minimum atomic E-state index is 0.0577. The van der Waals surface area contributed by atoms with Crippen molar-refractivity contribution in [3.63, 3.8) is 0 Å². The highest BCUT2D eigenvalue weighted by atomic mass is 16.1. The molecule has 0 atom stereocenters. The fourth-order valence-corrected chi connectivity index (χ4v) is 1.92. The summed E-state index contributed by atoms with van der Waals surface area (Å²) < 4.78 is 0. The van der Waals surface area contributed by atoms with Crippen LogP contribution in [-0.4, -0.2) is 10.8 Å². The number of benzene rings is 1. The second-order valence-corrected chi connectivity index (χ2v) is 4.34. The Hall–Kier alpha value is -1.96. The molecule has 0 bridgehead atoms. The minimum absolute atomic E-state index is 0.0577. The molecule has 0 N–H and O–H groups in total. The normalized spacial score (nSPS) is 10.3. The zero-order valence-electron chi connectivity index (χ0n) is 10.3. The summed E-state index contributed by atoms with van der Waals surface area (Å²) in [4.78, 5) is 16.6. The van der Waals surface area contributed by atoms with Crippen LogP contribution in [-0.2, 0) is 0 Å². The van der Waals surface area contributed by atoms with Crippen LogP contribution < -0.4 is 0 Å². The Kier molecular flexibility index (Phi) is 3.05. The molecule has 0 radical (unpaired) electrons. The van der Waals surface area contributed by atoms with Gasteiger partial charge in [0.25, 0.3) is 0 Å². The van der Waals surface area contributed by atoms with Gasteiger partial charge in [-0.2, -0.15) is 0 Å². The van der Waals surface area contributed by atoms with Crippen molar-refractivity contribution in [2.75, 3.05) is 0 Å². The van der Waals surface area contributed by atoms with Gasteiger partial charge in [0.15, 0.2) is 5.78 Å². The number of aryl methyl sites for hydroxylation is 3. The molecule has 1 aromatic heterocycles. The summed E-state index contributed by atoms with van der Waals surface area (Å²) in [6.45, 7) is 5.79. The Balaban J connectivity index is 2.43. The Bertz CT molecular complexity index is 553. The number of nitrogens with zero attached hydrogens (tertiary/aromatic N) is 1. The third-order valence-electron chi connectivity index (χ3n) is 2.62. The lowest BCUT2D eigenvalue weighted by Gasteiger charge is -2.04. The van der Waals surface area contributed by atoms with Gasteiger partial charge in [-0.15, -0.1) is 0 Å². The molecule has 0 spiro atoms. The van der Waals surface area contributed by atoms with Gasteiger partial charge in [-0.05, 0) is 39.0 Å². The molecule has 0 aliphatic rings. The molecule has 0 aliphatic heterocycles. The van der Waals surface area contributed by atoms with Crippen molar-refractivity contribution in [2.45, 2.75) is 20.8 Å². The molecular weight excluding hydrogens is 210 g/mol. The molecule has 1 aromatic carbocycles. The second-order valence-electron chi connectivity index (χ2n) is 4.34. The van der Waals surface area contributed by atoms with E-state index >= 15 is 0 Å². The zero-order chi connectivity index (χ0) is 12.4. The van der Waals surface area contributed by atoms with Gasteiger partial charge in [0.05, 0.1) is 0 Å². The first kappa shape index (κ1) is 11.5. The van der Waals surface area contributed by atoms with Crippen LogP contribution in [0.4, 0.5) is 0 Å². The van der Waals surface area contributed by atoms with Crippen LogP contribution in [0.2, 0.25) is 0 Å². The number of aromatic nitrogens is 1. The molecule has 2 aromatic rings. The first-order valence-corrected chi connectivity index (χ1v) is 5.63. The zero-order valence-corrected chi connectivity index (χ0v) is 10.3. The van der Waals surface area contributed by atoms with Crippen LogP contribution in [0, 0.1) is 20.8 Å². The predicted molar refractivity (Wildman–Crippen MR) is 68.3 cm³/mol. The summed E-state index contributed by atoms with van der Waals surface area (Å²) in [5.41, 5.74) is 4.29. The maximum atomic E-state index is 12.3. The highest BCUT2D eigenvalue weighted by Gasteiger charge is 2.10. The number of pyridine rings is 1. The maximum Gasteiger partial charge on any atom is 0.193 e. The van der Waals surface area contributed by atoms with Crippen molar-refractivity contribution in [3.8, 4) is 0 Å². The summed E-state index contributed by atoms with van der Waals surface area (Å²) in [6, 6.07) is 11.3. The van der Waals surface area contributed by atoms with Gasteiger partial charge in [-0.3, -0.25) is 9.78 Å². The van der Waals surface area contributed by atoms with Crippen molar-refractivity contribution < 1.29 is 4.79 Å². The van der Waals surface area contributed by atoms with E-state index < -0.39 is 0 Å². The van der Waals surface area contributed by atoms with E-state index in [0.717, 1.165) is 22.5 Å². The van der Waals surface area contributed by atoms with E-state index in [-0.39, 0.29) is 5.78 Å². The molecule has 0 fully saturated rings. The Morgan fingerprint density at radius 2 is 1.59 bits per heavy atom. The molecule has 86 valence electrons. The number of carbonyl (C=O) groups is 1. The standard InChI is InChI=1S/C15H15NO/c1-10-5-4-6-13(7-10)15(17)14-8-11(2)16-12(3)9-14/h4-9H,1-3H3. The predicted octanol–water partition coefficient (Wildman–Crippen LogP) is 3.24. The molecular formula is C15H15NO. The fraction of sp³-hybridized carbons (Fsp3) is 0.200. The fourth-order valence-electron chi connectivity index (χ4n) is 1.92. The largest absolute Gasteiger partial charge is 0.289 e. The van der Waals surface area contributed by atoms with E-state index in [0.29, 0.717) is 5.56 Å². The van der Waals surface area contributed by atoms with Gasteiger partial charge in [0.1, 0.15) is 0 Å². The van der Waals surface area contributed by atoms with Gasteiger partial charge in [-0.25, -0.2) is 0 Å². The number of rotatable bonds is 2. The van der Waals surface area contributed by atoms with E-state index in [9.17, 15) is 4.79 Å². The Morgan fingerprint density at radius 1 is 0.941 bits per heavy atom. The quantitative estimate of drug-likeness (QED) is 0.734. The van der Waals surface area contributed by atoms with E-state index in [2.05, 4.69) is 4.98 Å². The molecule has 0 saturated carbocycles. The number of hydrogen-bond donors (Lipinski definition) is 0. The van der Waals surface area contributed by atoms with Gasteiger partial charge in [0.2, 0.25) is 0 Å². The molecule has 0 unspecified atom stereocenters. The number of carbonyl (C=O) groups excluding carboxylic acids is 1. The topological polar surface area (TPSA) is 30.0 Å². The third-order valence-corrected chi connectivity index (χ3v) is 2.62. The summed E-state index contributed by atoms with van der Waals surface area (Å²) in [6.07, 6.45) is 0. The van der Waals surface area contributed by atoms with Crippen LogP contribution in [0.1, 0.15) is 32.9 Å². The van der Waals surface area contributed by atoms with E-state index in [1.807, 2.05) is 57.2 Å². The summed E-state index contributed by atoms with van der Waals surface area (Å²) >= 11 is 0. The van der Waals surface area contributed by atoms with E-state index in [1.54, 1.807) is 0 Å². The maximum absolute atomic E-state index is 12.3. The second kappa shape index (κ2) is 4.50. The monoisotopic (exact) mass is 225 g/mol. The van der Waals surface area contributed by atoms with E-state index in [4.69, 9.17) is 0 Å². The lowest BCUT2D eigenvalue weighted by atomic mass is 10.0. The van der Waals surface area contributed by atoms with Crippen LogP contribution >= 0.6 is 0 Å². The molecule has 1 heterocycles. The van der Waals surface area contributed by atoms with Crippen LogP contribution in [0.5, 0.6) is 0 Å². The van der Waals surface area contributed by atoms with Gasteiger partial charge in [-0.1, -0.05) is 23.8 Å². The number of ketones is 1. The Labute approximate surface area is 101 Å². The van der Waals surface area contributed by atoms with Crippen LogP contribution in [0.25, 0.3) is 0 Å². The first-order chi connectivity index (χ1) is 8.06. The molecule has 0 amide bonds. The third kappa shape index (κ3) is 2.59. The molecule has 17 heavy (non-hydrogen) atoms. The highest BCUT2D eigenvalue weighted by Crippen LogP contribution is 2.13. The van der Waals surface area contributed by atoms with Gasteiger partial charge < -0.3 is 0 Å². The van der Waals surface area contributed by atoms with Crippen molar-refractivity contribution in [3.05, 3.63) is 64.5 Å². The van der Waals surface area contributed by atoms with Crippen molar-refractivity contribution >= 4 is 5.78 Å². The molecule has 0 aliphatic carbocycles. The first-order valence-electron chi connectivity index (χ1n) is 5.63. The number of hydrogen-bond acceptors (Lipinski definition) is 2. The molecule has 0 saturated heterocycles. The SMILES string of the molecule is Cc1cccc(C(=O)c2cc(C)nc(C)c2)c1. The minimum Gasteiger partial charge on any atom is -0.289 e. The highest BCUT2D eigenvalue weighted by molar-refractivity contribution is 6.09. The van der Waals surface area contributed by atoms with Gasteiger partial charge in [0, 0.05) is 22.5 Å². The summed E-state index contributed by atoms with van der Waals surface area (Å²) in [5, 5.41) is 0. The smallest absolute Gasteiger partial charge is 0.193 e. The Morgan fingerprint density at radius 3 is 2.18 bits per heavy atom. The molecule has 2 nitrogen and oxygen atoms in total. The van der Waals surface area contributed by atoms with Crippen molar-refractivity contribution in [2.24, 2.45) is 0 Å². The van der Waals surface area contributed by atoms with E-state index in [1.165, 1.54) is 0 Å².